The lowest BCUT2D eigenvalue weighted by Gasteiger charge is -2.10. The Morgan fingerprint density at radius 1 is 1.16 bits per heavy atom. The fourth-order valence-corrected chi connectivity index (χ4v) is 2.63. The van der Waals surface area contributed by atoms with Crippen LogP contribution in [0.15, 0.2) is 42.0 Å². The van der Waals surface area contributed by atoms with Crippen molar-refractivity contribution in [2.45, 2.75) is 6.42 Å². The zero-order valence-corrected chi connectivity index (χ0v) is 11.2. The molecule has 2 heterocycles. The molecule has 0 spiro atoms. The zero-order valence-electron chi connectivity index (χ0n) is 10.3. The van der Waals surface area contributed by atoms with E-state index in [-0.39, 0.29) is 0 Å². The van der Waals surface area contributed by atoms with Gasteiger partial charge in [-0.25, -0.2) is 4.98 Å². The van der Waals surface area contributed by atoms with Crippen LogP contribution in [-0.2, 0) is 6.42 Å². The van der Waals surface area contributed by atoms with E-state index in [4.69, 9.17) is 5.73 Å². The van der Waals surface area contributed by atoms with Gasteiger partial charge in [-0.05, 0) is 24.3 Å². The molecule has 19 heavy (non-hydrogen) atoms. The number of benzene rings is 1. The molecule has 3 aromatic rings. The highest BCUT2D eigenvalue weighted by Gasteiger charge is 2.04. The lowest BCUT2D eigenvalue weighted by molar-refractivity contribution is 0.999. The quantitative estimate of drug-likeness (QED) is 0.715. The monoisotopic (exact) mass is 270 g/mol. The van der Waals surface area contributed by atoms with Gasteiger partial charge in [0.25, 0.3) is 0 Å². The van der Waals surface area contributed by atoms with Gasteiger partial charge >= 0.3 is 0 Å². The number of anilines is 2. The summed E-state index contributed by atoms with van der Waals surface area (Å²) in [5.41, 5.74) is 8.79. The number of fused-ring (bicyclic) bond motifs is 1. The molecule has 96 valence electrons. The Hall–Kier alpha value is -2.14. The minimum atomic E-state index is 0.754. The number of thiazole rings is 1. The van der Waals surface area contributed by atoms with E-state index in [1.165, 1.54) is 0 Å². The summed E-state index contributed by atoms with van der Waals surface area (Å²) in [4.78, 5) is 8.55. The third-order valence-corrected chi connectivity index (χ3v) is 3.80. The molecule has 0 radical (unpaired) electrons. The lowest BCUT2D eigenvalue weighted by Crippen LogP contribution is -2.07. The van der Waals surface area contributed by atoms with Crippen LogP contribution in [0.25, 0.3) is 10.9 Å². The molecular formula is C14H14N4S. The average molecular weight is 270 g/mol. The molecule has 0 atom stereocenters. The second-order valence-corrected chi connectivity index (χ2v) is 5.18. The highest BCUT2D eigenvalue weighted by atomic mass is 32.1. The van der Waals surface area contributed by atoms with Gasteiger partial charge in [-0.15, -0.1) is 11.3 Å². The summed E-state index contributed by atoms with van der Waals surface area (Å²) in [5, 5.41) is 7.47. The maximum absolute atomic E-state index is 6.16. The molecule has 0 saturated heterocycles. The molecule has 0 amide bonds. The second-order valence-electron chi connectivity index (χ2n) is 4.20. The van der Waals surface area contributed by atoms with Crippen LogP contribution in [0.4, 0.5) is 11.4 Å². The molecule has 0 aliphatic carbocycles. The summed E-state index contributed by atoms with van der Waals surface area (Å²) in [6, 6.07) is 7.85. The number of nitrogen functional groups attached to an aromatic ring is 1. The van der Waals surface area contributed by atoms with Crippen LogP contribution < -0.4 is 11.1 Å². The fraction of sp³-hybridized carbons (Fsp3) is 0.143. The number of nitrogens with zero attached hydrogens (tertiary/aromatic N) is 2. The summed E-state index contributed by atoms with van der Waals surface area (Å²) in [5.74, 6) is 0. The molecule has 5 heteroatoms. The van der Waals surface area contributed by atoms with E-state index in [1.54, 1.807) is 17.5 Å². The molecule has 1 aromatic carbocycles. The van der Waals surface area contributed by atoms with Gasteiger partial charge in [0.15, 0.2) is 0 Å². The first-order chi connectivity index (χ1) is 9.34. The van der Waals surface area contributed by atoms with Gasteiger partial charge in [-0.1, -0.05) is 0 Å². The van der Waals surface area contributed by atoms with Crippen molar-refractivity contribution in [3.8, 4) is 0 Å². The van der Waals surface area contributed by atoms with E-state index in [2.05, 4.69) is 15.3 Å². The van der Waals surface area contributed by atoms with Gasteiger partial charge in [0.05, 0.1) is 21.9 Å². The van der Waals surface area contributed by atoms with Crippen LogP contribution >= 0.6 is 11.3 Å². The van der Waals surface area contributed by atoms with E-state index >= 15 is 0 Å². The Morgan fingerprint density at radius 3 is 2.95 bits per heavy atom. The molecule has 0 saturated carbocycles. The van der Waals surface area contributed by atoms with Crippen LogP contribution in [0.3, 0.4) is 0 Å². The van der Waals surface area contributed by atoms with Gasteiger partial charge in [-0.2, -0.15) is 0 Å². The molecule has 0 fully saturated rings. The van der Waals surface area contributed by atoms with Gasteiger partial charge < -0.3 is 11.1 Å². The highest BCUT2D eigenvalue weighted by molar-refractivity contribution is 7.09. The van der Waals surface area contributed by atoms with Crippen molar-refractivity contribution < 1.29 is 0 Å². The van der Waals surface area contributed by atoms with Gasteiger partial charge in [0.1, 0.15) is 0 Å². The topological polar surface area (TPSA) is 63.8 Å². The van der Waals surface area contributed by atoms with Crippen LogP contribution in [0, 0.1) is 0 Å². The van der Waals surface area contributed by atoms with Crippen molar-refractivity contribution in [1.82, 2.24) is 9.97 Å². The van der Waals surface area contributed by atoms with E-state index < -0.39 is 0 Å². The van der Waals surface area contributed by atoms with E-state index in [0.29, 0.717) is 0 Å². The third kappa shape index (κ3) is 2.51. The smallest absolute Gasteiger partial charge is 0.0942 e. The first-order valence-electron chi connectivity index (χ1n) is 6.10. The summed E-state index contributed by atoms with van der Waals surface area (Å²) < 4.78 is 0. The Balaban J connectivity index is 1.76. The van der Waals surface area contributed by atoms with Gasteiger partial charge in [0.2, 0.25) is 0 Å². The standard InChI is InChI=1S/C14H14N4S/c15-14-10-2-1-6-16-11(10)3-4-12(14)17-7-5-13-18-8-9-19-13/h1-4,6,8-9,17H,5,7,15H2. The molecular weight excluding hydrogens is 256 g/mol. The normalized spacial score (nSPS) is 10.7. The minimum Gasteiger partial charge on any atom is -0.397 e. The zero-order chi connectivity index (χ0) is 13.1. The van der Waals surface area contributed by atoms with Crippen molar-refractivity contribution in [3.05, 3.63) is 47.0 Å². The first-order valence-corrected chi connectivity index (χ1v) is 6.98. The molecule has 0 bridgehead atoms. The van der Waals surface area contributed by atoms with Crippen molar-refractivity contribution in [2.24, 2.45) is 0 Å². The summed E-state index contributed by atoms with van der Waals surface area (Å²) in [7, 11) is 0. The number of nitrogens with two attached hydrogens (primary N) is 1. The number of rotatable bonds is 4. The highest BCUT2D eigenvalue weighted by Crippen LogP contribution is 2.27. The SMILES string of the molecule is Nc1c(NCCc2nccs2)ccc2ncccc12. The Kier molecular flexibility index (Phi) is 3.29. The maximum Gasteiger partial charge on any atom is 0.0942 e. The molecule has 3 rings (SSSR count). The number of hydrogen-bond donors (Lipinski definition) is 2. The van der Waals surface area contributed by atoms with Crippen molar-refractivity contribution in [3.63, 3.8) is 0 Å². The molecule has 0 unspecified atom stereocenters. The molecule has 3 N–H and O–H groups in total. The number of pyridine rings is 1. The second kappa shape index (κ2) is 5.24. The van der Waals surface area contributed by atoms with Gasteiger partial charge in [-0.3, -0.25) is 4.98 Å². The average Bonchev–Trinajstić information content (AvgIpc) is 2.95. The fourth-order valence-electron chi connectivity index (χ4n) is 2.01. The minimum absolute atomic E-state index is 0.754. The van der Waals surface area contributed by atoms with E-state index in [1.807, 2.05) is 35.8 Å². The van der Waals surface area contributed by atoms with E-state index in [9.17, 15) is 0 Å². The molecule has 0 aliphatic rings. The summed E-state index contributed by atoms with van der Waals surface area (Å²) in [6.07, 6.45) is 4.51. The molecule has 2 aromatic heterocycles. The van der Waals surface area contributed by atoms with Gasteiger partial charge in [0, 0.05) is 36.1 Å². The summed E-state index contributed by atoms with van der Waals surface area (Å²) >= 11 is 1.67. The first kappa shape index (κ1) is 11.9. The van der Waals surface area contributed by atoms with Crippen LogP contribution in [0.2, 0.25) is 0 Å². The largest absolute Gasteiger partial charge is 0.397 e. The Labute approximate surface area is 115 Å². The number of aromatic nitrogens is 2. The maximum atomic E-state index is 6.16. The number of nitrogens with one attached hydrogen (secondary N) is 1. The van der Waals surface area contributed by atoms with Crippen LogP contribution in [0.5, 0.6) is 0 Å². The molecule has 0 aliphatic heterocycles. The molecule has 4 nitrogen and oxygen atoms in total. The van der Waals surface area contributed by atoms with Crippen LogP contribution in [-0.4, -0.2) is 16.5 Å². The Bertz CT molecular complexity index is 679. The van der Waals surface area contributed by atoms with E-state index in [0.717, 1.165) is 40.3 Å². The Morgan fingerprint density at radius 2 is 2.11 bits per heavy atom. The van der Waals surface area contributed by atoms with Crippen molar-refractivity contribution in [2.75, 3.05) is 17.6 Å². The van der Waals surface area contributed by atoms with Crippen LogP contribution in [0.1, 0.15) is 5.01 Å². The predicted octanol–water partition coefficient (Wildman–Crippen LogP) is 2.93. The predicted molar refractivity (Wildman–Crippen MR) is 80.5 cm³/mol. The number of hydrogen-bond acceptors (Lipinski definition) is 5. The third-order valence-electron chi connectivity index (χ3n) is 2.96. The van der Waals surface area contributed by atoms with Crippen molar-refractivity contribution >= 4 is 33.6 Å². The summed E-state index contributed by atoms with van der Waals surface area (Å²) in [6.45, 7) is 0.823. The lowest BCUT2D eigenvalue weighted by atomic mass is 10.1. The van der Waals surface area contributed by atoms with Crippen molar-refractivity contribution in [1.29, 1.82) is 0 Å².